The Kier molecular flexibility index (Phi) is 13.5. The number of rotatable bonds is 13. The predicted molar refractivity (Wildman–Crippen MR) is 82.3 cm³/mol. The van der Waals surface area contributed by atoms with Gasteiger partial charge in [0.05, 0.1) is 0 Å². The van der Waals surface area contributed by atoms with Gasteiger partial charge in [-0.15, -0.1) is 0 Å². The molecule has 0 heterocycles. The number of carbonyl (C=O) groups is 1. The highest BCUT2D eigenvalue weighted by Crippen LogP contribution is 2.16. The zero-order chi connectivity index (χ0) is 14.3. The van der Waals surface area contributed by atoms with Crippen LogP contribution in [0, 0.1) is 0 Å². The van der Waals surface area contributed by atoms with Gasteiger partial charge in [-0.3, -0.25) is 4.79 Å². The fourth-order valence-corrected chi connectivity index (χ4v) is 2.31. The van der Waals surface area contributed by atoms with Gasteiger partial charge in [-0.2, -0.15) is 0 Å². The van der Waals surface area contributed by atoms with Crippen molar-refractivity contribution < 1.29 is 9.53 Å². The molecular weight excluding hydrogens is 236 g/mol. The average Bonchev–Trinajstić information content (AvgIpc) is 2.42. The van der Waals surface area contributed by atoms with Gasteiger partial charge in [-0.25, -0.2) is 0 Å². The third-order valence-electron chi connectivity index (χ3n) is 3.60. The van der Waals surface area contributed by atoms with Crippen LogP contribution >= 0.6 is 0 Å². The largest absolute Gasteiger partial charge is 0.462 e. The van der Waals surface area contributed by atoms with Gasteiger partial charge in [0.1, 0.15) is 6.10 Å². The van der Waals surface area contributed by atoms with Crippen LogP contribution in [-0.2, 0) is 9.53 Å². The summed E-state index contributed by atoms with van der Waals surface area (Å²) < 4.78 is 5.55. The first-order valence-electron chi connectivity index (χ1n) is 8.44. The van der Waals surface area contributed by atoms with Crippen LogP contribution < -0.4 is 0 Å². The summed E-state index contributed by atoms with van der Waals surface area (Å²) in [5.74, 6) is -0.0333. The second kappa shape index (κ2) is 13.9. The first kappa shape index (κ1) is 18.5. The van der Waals surface area contributed by atoms with E-state index in [4.69, 9.17) is 4.74 Å². The third kappa shape index (κ3) is 12.3. The highest BCUT2D eigenvalue weighted by molar-refractivity contribution is 5.69. The molecule has 1 unspecified atom stereocenters. The van der Waals surface area contributed by atoms with E-state index in [1.807, 2.05) is 6.92 Å². The van der Waals surface area contributed by atoms with E-state index in [2.05, 4.69) is 13.8 Å². The fraction of sp³-hybridized carbons (Fsp3) is 0.941. The molecule has 0 aliphatic rings. The molecule has 0 saturated heterocycles. The van der Waals surface area contributed by atoms with Crippen LogP contribution in [0.3, 0.4) is 0 Å². The first-order valence-corrected chi connectivity index (χ1v) is 8.44. The van der Waals surface area contributed by atoms with Crippen LogP contribution in [0.1, 0.15) is 97.8 Å². The van der Waals surface area contributed by atoms with E-state index in [-0.39, 0.29) is 12.1 Å². The highest BCUT2D eigenvalue weighted by Gasteiger charge is 2.12. The van der Waals surface area contributed by atoms with E-state index in [0.29, 0.717) is 6.42 Å². The van der Waals surface area contributed by atoms with Crippen LogP contribution in [0.25, 0.3) is 0 Å². The lowest BCUT2D eigenvalue weighted by atomic mass is 10.0. The van der Waals surface area contributed by atoms with Gasteiger partial charge in [0, 0.05) is 6.42 Å². The molecule has 0 spiro atoms. The number of carbonyl (C=O) groups excluding carboxylic acids is 1. The van der Waals surface area contributed by atoms with E-state index in [0.717, 1.165) is 12.8 Å². The van der Waals surface area contributed by atoms with Crippen molar-refractivity contribution in [3.8, 4) is 0 Å². The van der Waals surface area contributed by atoms with Crippen molar-refractivity contribution in [2.24, 2.45) is 0 Å². The topological polar surface area (TPSA) is 26.3 Å². The minimum absolute atomic E-state index is 0.0333. The van der Waals surface area contributed by atoms with Gasteiger partial charge in [0.15, 0.2) is 0 Å². The summed E-state index contributed by atoms with van der Waals surface area (Å²) in [7, 11) is 0. The zero-order valence-corrected chi connectivity index (χ0v) is 13.4. The smallest absolute Gasteiger partial charge is 0.305 e. The monoisotopic (exact) mass is 270 g/mol. The van der Waals surface area contributed by atoms with Crippen LogP contribution in [0.4, 0.5) is 0 Å². The van der Waals surface area contributed by atoms with Crippen molar-refractivity contribution in [1.82, 2.24) is 0 Å². The van der Waals surface area contributed by atoms with Crippen molar-refractivity contribution in [3.05, 3.63) is 0 Å². The maximum Gasteiger partial charge on any atom is 0.305 e. The average molecular weight is 270 g/mol. The van der Waals surface area contributed by atoms with Crippen molar-refractivity contribution in [3.63, 3.8) is 0 Å². The number of hydrogen-bond donors (Lipinski definition) is 0. The number of ether oxygens (including phenoxy) is 1. The molecule has 1 atom stereocenters. The molecule has 0 amide bonds. The molecular formula is C17H34O2. The molecule has 0 aromatic heterocycles. The lowest BCUT2D eigenvalue weighted by Gasteiger charge is -2.17. The van der Waals surface area contributed by atoms with Crippen LogP contribution in [0.5, 0.6) is 0 Å². The number of unbranched alkanes of at least 4 members (excludes halogenated alkanes) is 7. The lowest BCUT2D eigenvalue weighted by Crippen LogP contribution is -2.17. The Morgan fingerprint density at radius 3 is 1.74 bits per heavy atom. The predicted octanol–water partition coefficient (Wildman–Crippen LogP) is 5.64. The van der Waals surface area contributed by atoms with Crippen molar-refractivity contribution in [2.45, 2.75) is 104 Å². The Morgan fingerprint density at radius 2 is 1.26 bits per heavy atom. The molecule has 0 aliphatic carbocycles. The summed E-state index contributed by atoms with van der Waals surface area (Å²) in [4.78, 5) is 11.4. The molecule has 0 aromatic carbocycles. The van der Waals surface area contributed by atoms with E-state index in [1.54, 1.807) is 0 Å². The molecule has 2 heteroatoms. The maximum absolute atomic E-state index is 11.4. The van der Waals surface area contributed by atoms with Gasteiger partial charge in [0.25, 0.3) is 0 Å². The van der Waals surface area contributed by atoms with Gasteiger partial charge >= 0.3 is 5.97 Å². The Bertz CT molecular complexity index is 201. The molecule has 19 heavy (non-hydrogen) atoms. The number of esters is 1. The Hall–Kier alpha value is -0.530. The van der Waals surface area contributed by atoms with Crippen molar-refractivity contribution in [2.75, 3.05) is 0 Å². The van der Waals surface area contributed by atoms with Gasteiger partial charge < -0.3 is 4.74 Å². The SMILES string of the molecule is CCCCCCCC(CCCCCC)OC(=O)CC. The molecule has 0 N–H and O–H groups in total. The van der Waals surface area contributed by atoms with Crippen molar-refractivity contribution in [1.29, 1.82) is 0 Å². The maximum atomic E-state index is 11.4. The summed E-state index contributed by atoms with van der Waals surface area (Å²) >= 11 is 0. The molecule has 2 nitrogen and oxygen atoms in total. The van der Waals surface area contributed by atoms with E-state index < -0.39 is 0 Å². The summed E-state index contributed by atoms with van der Waals surface area (Å²) in [6.45, 7) is 6.33. The standard InChI is InChI=1S/C17H34O2/c1-4-7-9-11-13-15-16(19-17(18)6-3)14-12-10-8-5-2/h16H,4-15H2,1-3H3. The molecule has 0 saturated carbocycles. The summed E-state index contributed by atoms with van der Waals surface area (Å²) in [5.41, 5.74) is 0. The Labute approximate surface area is 120 Å². The third-order valence-corrected chi connectivity index (χ3v) is 3.60. The van der Waals surface area contributed by atoms with Crippen molar-refractivity contribution >= 4 is 5.97 Å². The molecule has 0 radical (unpaired) electrons. The quantitative estimate of drug-likeness (QED) is 0.320. The fourth-order valence-electron chi connectivity index (χ4n) is 2.31. The summed E-state index contributed by atoms with van der Waals surface area (Å²) in [6, 6.07) is 0. The molecule has 0 fully saturated rings. The van der Waals surface area contributed by atoms with E-state index in [9.17, 15) is 4.79 Å². The minimum Gasteiger partial charge on any atom is -0.462 e. The van der Waals surface area contributed by atoms with Gasteiger partial charge in [-0.1, -0.05) is 65.7 Å². The highest BCUT2D eigenvalue weighted by atomic mass is 16.5. The Balaban J connectivity index is 3.79. The normalized spacial score (nSPS) is 12.4. The molecule has 0 aromatic rings. The molecule has 0 bridgehead atoms. The molecule has 114 valence electrons. The lowest BCUT2D eigenvalue weighted by molar-refractivity contribution is -0.149. The molecule has 0 rings (SSSR count). The van der Waals surface area contributed by atoms with Crippen LogP contribution in [0.15, 0.2) is 0 Å². The Morgan fingerprint density at radius 1 is 0.789 bits per heavy atom. The van der Waals surface area contributed by atoms with E-state index in [1.165, 1.54) is 57.8 Å². The first-order chi connectivity index (χ1) is 9.24. The minimum atomic E-state index is -0.0333. The van der Waals surface area contributed by atoms with E-state index >= 15 is 0 Å². The van der Waals surface area contributed by atoms with Gasteiger partial charge in [0.2, 0.25) is 0 Å². The summed E-state index contributed by atoms with van der Waals surface area (Å²) in [5, 5.41) is 0. The number of hydrogen-bond acceptors (Lipinski definition) is 2. The van der Waals surface area contributed by atoms with Gasteiger partial charge in [-0.05, 0) is 25.7 Å². The van der Waals surface area contributed by atoms with Crippen LogP contribution in [0.2, 0.25) is 0 Å². The molecule has 0 aliphatic heterocycles. The summed E-state index contributed by atoms with van der Waals surface area (Å²) in [6.07, 6.45) is 14.2. The second-order valence-corrected chi connectivity index (χ2v) is 5.52. The van der Waals surface area contributed by atoms with Crippen LogP contribution in [-0.4, -0.2) is 12.1 Å². The zero-order valence-electron chi connectivity index (χ0n) is 13.4. The second-order valence-electron chi connectivity index (χ2n) is 5.52.